The van der Waals surface area contributed by atoms with Crippen molar-refractivity contribution in [3.05, 3.63) is 21.3 Å². The zero-order valence-electron chi connectivity index (χ0n) is 9.13. The highest BCUT2D eigenvalue weighted by Gasteiger charge is 2.27. The molecule has 1 heterocycles. The normalized spacial score (nSPS) is 26.8. The van der Waals surface area contributed by atoms with Gasteiger partial charge in [0.25, 0.3) is 0 Å². The zero-order chi connectivity index (χ0) is 10.7. The van der Waals surface area contributed by atoms with Crippen LogP contribution >= 0.6 is 22.9 Å². The first-order chi connectivity index (χ1) is 7.33. The minimum Gasteiger partial charge on any atom is -0.314 e. The molecule has 0 spiro atoms. The Labute approximate surface area is 101 Å². The van der Waals surface area contributed by atoms with Crippen molar-refractivity contribution in [3.63, 3.8) is 0 Å². The molecule has 2 atom stereocenters. The maximum Gasteiger partial charge on any atom is 0.0548 e. The molecule has 3 heteroatoms. The molecule has 1 aromatic heterocycles. The van der Waals surface area contributed by atoms with Gasteiger partial charge in [-0.15, -0.1) is 11.3 Å². The largest absolute Gasteiger partial charge is 0.314 e. The molecule has 0 amide bonds. The molecule has 0 bridgehead atoms. The van der Waals surface area contributed by atoms with E-state index in [9.17, 15) is 0 Å². The van der Waals surface area contributed by atoms with Crippen molar-refractivity contribution in [3.8, 4) is 0 Å². The summed E-state index contributed by atoms with van der Waals surface area (Å²) < 4.78 is 0. The lowest BCUT2D eigenvalue weighted by Gasteiger charge is -2.31. The van der Waals surface area contributed by atoms with Crippen LogP contribution < -0.4 is 5.32 Å². The topological polar surface area (TPSA) is 12.0 Å². The molecule has 1 nitrogen and oxygen atoms in total. The van der Waals surface area contributed by atoms with E-state index in [1.807, 2.05) is 17.4 Å². The Morgan fingerprint density at radius 2 is 2.27 bits per heavy atom. The van der Waals surface area contributed by atoms with E-state index in [0.717, 1.165) is 11.6 Å². The molecule has 15 heavy (non-hydrogen) atoms. The highest BCUT2D eigenvalue weighted by molar-refractivity contribution is 7.10. The van der Waals surface area contributed by atoms with E-state index in [2.05, 4.69) is 17.6 Å². The molecular formula is C12H18ClNS. The van der Waals surface area contributed by atoms with Gasteiger partial charge in [0.05, 0.1) is 5.02 Å². The van der Waals surface area contributed by atoms with Crippen LogP contribution in [-0.2, 0) is 0 Å². The second-order valence-electron chi connectivity index (χ2n) is 4.19. The average Bonchev–Trinajstić information content (AvgIpc) is 2.66. The lowest BCUT2D eigenvalue weighted by molar-refractivity contribution is 0.336. The van der Waals surface area contributed by atoms with Gasteiger partial charge in [-0.3, -0.25) is 0 Å². The van der Waals surface area contributed by atoms with E-state index in [4.69, 9.17) is 11.6 Å². The van der Waals surface area contributed by atoms with E-state index in [1.165, 1.54) is 30.6 Å². The van der Waals surface area contributed by atoms with Crippen molar-refractivity contribution in [1.29, 1.82) is 0 Å². The van der Waals surface area contributed by atoms with Crippen molar-refractivity contribution in [2.24, 2.45) is 0 Å². The predicted molar refractivity (Wildman–Crippen MR) is 68.0 cm³/mol. The first-order valence-corrected chi connectivity index (χ1v) is 7.05. The molecule has 0 radical (unpaired) electrons. The van der Waals surface area contributed by atoms with Crippen LogP contribution in [0.2, 0.25) is 5.02 Å². The summed E-state index contributed by atoms with van der Waals surface area (Å²) in [4.78, 5) is 1.39. The molecule has 0 aromatic carbocycles. The molecule has 1 fully saturated rings. The highest BCUT2D eigenvalue weighted by Crippen LogP contribution is 2.39. The van der Waals surface area contributed by atoms with E-state index in [-0.39, 0.29) is 0 Å². The maximum atomic E-state index is 6.22. The number of thiophene rings is 1. The van der Waals surface area contributed by atoms with E-state index >= 15 is 0 Å². The van der Waals surface area contributed by atoms with Gasteiger partial charge in [-0.25, -0.2) is 0 Å². The smallest absolute Gasteiger partial charge is 0.0548 e. The fourth-order valence-electron chi connectivity index (χ4n) is 2.52. The standard InChI is InChI=1S/C12H18ClNS/c1-2-14-11-6-4-3-5-9(11)12-10(13)7-8-15-12/h7-9,11,14H,2-6H2,1H3. The van der Waals surface area contributed by atoms with Crippen molar-refractivity contribution in [1.82, 2.24) is 5.32 Å². The van der Waals surface area contributed by atoms with Crippen LogP contribution in [0, 0.1) is 0 Å². The van der Waals surface area contributed by atoms with Gasteiger partial charge in [0.15, 0.2) is 0 Å². The fraction of sp³-hybridized carbons (Fsp3) is 0.667. The molecule has 1 aliphatic rings. The molecule has 1 aliphatic carbocycles. The second-order valence-corrected chi connectivity index (χ2v) is 5.54. The van der Waals surface area contributed by atoms with Crippen molar-refractivity contribution in [2.75, 3.05) is 6.54 Å². The minimum atomic E-state index is 0.639. The van der Waals surface area contributed by atoms with Gasteiger partial charge in [0, 0.05) is 16.8 Å². The van der Waals surface area contributed by atoms with Crippen LogP contribution in [0.25, 0.3) is 0 Å². The van der Waals surface area contributed by atoms with E-state index in [0.29, 0.717) is 12.0 Å². The van der Waals surface area contributed by atoms with Gasteiger partial charge >= 0.3 is 0 Å². The Kier molecular flexibility index (Phi) is 4.06. The van der Waals surface area contributed by atoms with Crippen LogP contribution in [0.3, 0.4) is 0 Å². The summed E-state index contributed by atoms with van der Waals surface area (Å²) in [5.74, 6) is 0.645. The summed E-state index contributed by atoms with van der Waals surface area (Å²) in [7, 11) is 0. The van der Waals surface area contributed by atoms with Crippen LogP contribution in [0.15, 0.2) is 11.4 Å². The molecule has 2 rings (SSSR count). The third-order valence-corrected chi connectivity index (χ3v) is 4.70. The molecular weight excluding hydrogens is 226 g/mol. The number of rotatable bonds is 3. The van der Waals surface area contributed by atoms with Gasteiger partial charge in [0.2, 0.25) is 0 Å². The second kappa shape index (κ2) is 5.33. The number of nitrogens with one attached hydrogen (secondary N) is 1. The van der Waals surface area contributed by atoms with Crippen LogP contribution in [0.4, 0.5) is 0 Å². The molecule has 84 valence electrons. The zero-order valence-corrected chi connectivity index (χ0v) is 10.7. The van der Waals surface area contributed by atoms with Crippen molar-refractivity contribution < 1.29 is 0 Å². The van der Waals surface area contributed by atoms with Crippen molar-refractivity contribution >= 4 is 22.9 Å². The number of hydrogen-bond donors (Lipinski definition) is 1. The van der Waals surface area contributed by atoms with Crippen LogP contribution in [0.5, 0.6) is 0 Å². The van der Waals surface area contributed by atoms with Gasteiger partial charge in [-0.05, 0) is 30.8 Å². The monoisotopic (exact) mass is 243 g/mol. The number of hydrogen-bond acceptors (Lipinski definition) is 2. The van der Waals surface area contributed by atoms with Gasteiger partial charge in [0.1, 0.15) is 0 Å². The Morgan fingerprint density at radius 3 is 2.93 bits per heavy atom. The highest BCUT2D eigenvalue weighted by atomic mass is 35.5. The average molecular weight is 244 g/mol. The molecule has 2 unspecified atom stereocenters. The van der Waals surface area contributed by atoms with Gasteiger partial charge in [-0.1, -0.05) is 31.4 Å². The number of halogens is 1. The van der Waals surface area contributed by atoms with Crippen LogP contribution in [-0.4, -0.2) is 12.6 Å². The fourth-order valence-corrected chi connectivity index (χ4v) is 3.92. The Morgan fingerprint density at radius 1 is 1.47 bits per heavy atom. The van der Waals surface area contributed by atoms with Gasteiger partial charge in [-0.2, -0.15) is 0 Å². The van der Waals surface area contributed by atoms with Crippen LogP contribution in [0.1, 0.15) is 43.4 Å². The summed E-state index contributed by atoms with van der Waals surface area (Å²) in [6.07, 6.45) is 5.29. The van der Waals surface area contributed by atoms with Crippen molar-refractivity contribution in [2.45, 2.75) is 44.6 Å². The molecule has 1 saturated carbocycles. The molecule has 0 saturated heterocycles. The minimum absolute atomic E-state index is 0.639. The first-order valence-electron chi connectivity index (χ1n) is 5.79. The third-order valence-electron chi connectivity index (χ3n) is 3.21. The Balaban J connectivity index is 2.14. The molecule has 1 N–H and O–H groups in total. The summed E-state index contributed by atoms with van der Waals surface area (Å²) in [5, 5.41) is 6.67. The van der Waals surface area contributed by atoms with Gasteiger partial charge < -0.3 is 5.32 Å². The van der Waals surface area contributed by atoms with E-state index in [1.54, 1.807) is 0 Å². The quantitative estimate of drug-likeness (QED) is 0.845. The summed E-state index contributed by atoms with van der Waals surface area (Å²) in [6.45, 7) is 3.24. The summed E-state index contributed by atoms with van der Waals surface area (Å²) >= 11 is 8.03. The maximum absolute atomic E-state index is 6.22. The third kappa shape index (κ3) is 2.55. The van der Waals surface area contributed by atoms with E-state index < -0.39 is 0 Å². The summed E-state index contributed by atoms with van der Waals surface area (Å²) in [6, 6.07) is 2.67. The SMILES string of the molecule is CCNC1CCCCC1c1sccc1Cl. The lowest BCUT2D eigenvalue weighted by Crippen LogP contribution is -2.36. The summed E-state index contributed by atoms with van der Waals surface area (Å²) in [5.41, 5.74) is 0. The Bertz CT molecular complexity index is 308. The first kappa shape index (κ1) is 11.4. The Hall–Kier alpha value is -0.0500. The lowest BCUT2D eigenvalue weighted by atomic mass is 9.83. The predicted octanol–water partition coefficient (Wildman–Crippen LogP) is 4.04. The molecule has 1 aromatic rings. The molecule has 0 aliphatic heterocycles. The number of likely N-dealkylation sites (N-methyl/N-ethyl adjacent to an activating group) is 1.